The summed E-state index contributed by atoms with van der Waals surface area (Å²) in [6.07, 6.45) is 1.55. The monoisotopic (exact) mass is 376 g/mol. The maximum absolute atomic E-state index is 12.4. The standard InChI is InChI=1S/C22H20N2O4/c1-26-18-11-12-20(21(14-18)27-2)22(25)24-23-15-16-7-6-10-19(13-16)28-17-8-4-3-5-9-17/h3-15H,1-2H3,(H,24,25)/b23-15-. The Labute approximate surface area is 163 Å². The van der Waals surface area contributed by atoms with Crippen molar-refractivity contribution < 1.29 is 19.0 Å². The molecule has 0 fully saturated rings. The molecule has 0 saturated carbocycles. The van der Waals surface area contributed by atoms with Crippen LogP contribution in [0.1, 0.15) is 15.9 Å². The Hall–Kier alpha value is -3.80. The highest BCUT2D eigenvalue weighted by Gasteiger charge is 2.12. The van der Waals surface area contributed by atoms with Crippen LogP contribution in [0.4, 0.5) is 0 Å². The number of carbonyl (C=O) groups is 1. The average molecular weight is 376 g/mol. The zero-order valence-corrected chi connectivity index (χ0v) is 15.6. The van der Waals surface area contributed by atoms with E-state index in [2.05, 4.69) is 10.5 Å². The Kier molecular flexibility index (Phi) is 6.25. The fourth-order valence-electron chi connectivity index (χ4n) is 2.49. The first kappa shape index (κ1) is 19.0. The molecule has 0 saturated heterocycles. The van der Waals surface area contributed by atoms with Gasteiger partial charge in [-0.15, -0.1) is 0 Å². The minimum absolute atomic E-state index is 0.363. The van der Waals surface area contributed by atoms with Crippen LogP contribution >= 0.6 is 0 Å². The van der Waals surface area contributed by atoms with Crippen LogP contribution in [0.25, 0.3) is 0 Å². The van der Waals surface area contributed by atoms with Crippen molar-refractivity contribution in [1.82, 2.24) is 5.43 Å². The van der Waals surface area contributed by atoms with Crippen LogP contribution in [0.5, 0.6) is 23.0 Å². The fourth-order valence-corrected chi connectivity index (χ4v) is 2.49. The SMILES string of the molecule is COc1ccc(C(=O)N/N=C\c2cccc(Oc3ccccc3)c2)c(OC)c1. The molecular formula is C22H20N2O4. The molecule has 0 aromatic heterocycles. The second-order valence-corrected chi connectivity index (χ2v) is 5.75. The molecule has 142 valence electrons. The molecular weight excluding hydrogens is 356 g/mol. The number of ether oxygens (including phenoxy) is 3. The average Bonchev–Trinajstić information content (AvgIpc) is 2.74. The molecule has 1 amide bonds. The number of hydrazone groups is 1. The molecule has 0 aliphatic carbocycles. The van der Waals surface area contributed by atoms with Crippen molar-refractivity contribution in [3.63, 3.8) is 0 Å². The molecule has 0 heterocycles. The molecule has 0 atom stereocenters. The molecule has 6 heteroatoms. The third-order valence-electron chi connectivity index (χ3n) is 3.87. The molecule has 1 N–H and O–H groups in total. The molecule has 0 radical (unpaired) electrons. The number of benzene rings is 3. The van der Waals surface area contributed by atoms with Crippen molar-refractivity contribution in [2.75, 3.05) is 14.2 Å². The molecule has 3 aromatic carbocycles. The molecule has 3 aromatic rings. The molecule has 0 spiro atoms. The minimum atomic E-state index is -0.382. The largest absolute Gasteiger partial charge is 0.497 e. The smallest absolute Gasteiger partial charge is 0.275 e. The van der Waals surface area contributed by atoms with Gasteiger partial charge in [0.05, 0.1) is 26.0 Å². The van der Waals surface area contributed by atoms with Crippen molar-refractivity contribution in [2.45, 2.75) is 0 Å². The van der Waals surface area contributed by atoms with Crippen molar-refractivity contribution in [3.05, 3.63) is 83.9 Å². The summed E-state index contributed by atoms with van der Waals surface area (Å²) in [5.74, 6) is 2.06. The third kappa shape index (κ3) is 4.88. The number of rotatable bonds is 7. The van der Waals surface area contributed by atoms with Crippen LogP contribution in [0.15, 0.2) is 77.9 Å². The summed E-state index contributed by atoms with van der Waals surface area (Å²) in [7, 11) is 3.04. The lowest BCUT2D eigenvalue weighted by molar-refractivity contribution is 0.0952. The van der Waals surface area contributed by atoms with E-state index in [0.29, 0.717) is 22.8 Å². The summed E-state index contributed by atoms with van der Waals surface area (Å²) in [6.45, 7) is 0. The van der Waals surface area contributed by atoms with Gasteiger partial charge in [0, 0.05) is 6.07 Å². The summed E-state index contributed by atoms with van der Waals surface area (Å²) >= 11 is 0. The van der Waals surface area contributed by atoms with Gasteiger partial charge in [-0.1, -0.05) is 30.3 Å². The van der Waals surface area contributed by atoms with Gasteiger partial charge in [-0.25, -0.2) is 5.43 Å². The second-order valence-electron chi connectivity index (χ2n) is 5.75. The molecule has 28 heavy (non-hydrogen) atoms. The van der Waals surface area contributed by atoms with E-state index in [9.17, 15) is 4.79 Å². The molecule has 6 nitrogen and oxygen atoms in total. The van der Waals surface area contributed by atoms with Gasteiger partial charge in [0.15, 0.2) is 0 Å². The van der Waals surface area contributed by atoms with Gasteiger partial charge in [0.2, 0.25) is 0 Å². The number of hydrogen-bond donors (Lipinski definition) is 1. The Morgan fingerprint density at radius 2 is 1.64 bits per heavy atom. The topological polar surface area (TPSA) is 69.2 Å². The van der Waals surface area contributed by atoms with Gasteiger partial charge in [0.1, 0.15) is 23.0 Å². The predicted molar refractivity (Wildman–Crippen MR) is 108 cm³/mol. The highest BCUT2D eigenvalue weighted by atomic mass is 16.5. The number of methoxy groups -OCH3 is 2. The quantitative estimate of drug-likeness (QED) is 0.494. The highest BCUT2D eigenvalue weighted by molar-refractivity contribution is 5.97. The molecule has 0 bridgehead atoms. The lowest BCUT2D eigenvalue weighted by Gasteiger charge is -2.09. The second kappa shape index (κ2) is 9.23. The van der Waals surface area contributed by atoms with Gasteiger partial charge < -0.3 is 14.2 Å². The summed E-state index contributed by atoms with van der Waals surface area (Å²) in [4.78, 5) is 12.4. The lowest BCUT2D eigenvalue weighted by atomic mass is 10.2. The number of para-hydroxylation sites is 1. The van der Waals surface area contributed by atoms with Crippen LogP contribution in [0.2, 0.25) is 0 Å². The van der Waals surface area contributed by atoms with Crippen molar-refractivity contribution in [3.8, 4) is 23.0 Å². The summed E-state index contributed by atoms with van der Waals surface area (Å²) in [6, 6.07) is 21.8. The maximum atomic E-state index is 12.4. The predicted octanol–water partition coefficient (Wildman–Crippen LogP) is 4.26. The van der Waals surface area contributed by atoms with E-state index in [1.54, 1.807) is 31.5 Å². The summed E-state index contributed by atoms with van der Waals surface area (Å²) in [5.41, 5.74) is 3.65. The van der Waals surface area contributed by atoms with E-state index in [1.807, 2.05) is 54.6 Å². The van der Waals surface area contributed by atoms with Gasteiger partial charge in [-0.3, -0.25) is 4.79 Å². The molecule has 3 rings (SSSR count). The summed E-state index contributed by atoms with van der Waals surface area (Å²) < 4.78 is 16.2. The zero-order valence-electron chi connectivity index (χ0n) is 15.6. The lowest BCUT2D eigenvalue weighted by Crippen LogP contribution is -2.18. The van der Waals surface area contributed by atoms with Crippen molar-refractivity contribution >= 4 is 12.1 Å². The van der Waals surface area contributed by atoms with Crippen LogP contribution < -0.4 is 19.6 Å². The first-order valence-corrected chi connectivity index (χ1v) is 8.58. The van der Waals surface area contributed by atoms with E-state index in [-0.39, 0.29) is 5.91 Å². The van der Waals surface area contributed by atoms with Crippen LogP contribution in [0.3, 0.4) is 0 Å². The zero-order chi connectivity index (χ0) is 19.8. The van der Waals surface area contributed by atoms with Crippen LogP contribution in [0, 0.1) is 0 Å². The summed E-state index contributed by atoms with van der Waals surface area (Å²) in [5, 5.41) is 4.02. The number of hydrogen-bond acceptors (Lipinski definition) is 5. The van der Waals surface area contributed by atoms with E-state index in [4.69, 9.17) is 14.2 Å². The van der Waals surface area contributed by atoms with Gasteiger partial charge in [-0.2, -0.15) is 5.10 Å². The third-order valence-corrected chi connectivity index (χ3v) is 3.87. The van der Waals surface area contributed by atoms with Gasteiger partial charge in [0.25, 0.3) is 5.91 Å². The van der Waals surface area contributed by atoms with Crippen LogP contribution in [-0.2, 0) is 0 Å². The van der Waals surface area contributed by atoms with Gasteiger partial charge >= 0.3 is 0 Å². The van der Waals surface area contributed by atoms with E-state index < -0.39 is 0 Å². The van der Waals surface area contributed by atoms with Gasteiger partial charge in [-0.05, 0) is 42.0 Å². The van der Waals surface area contributed by atoms with E-state index >= 15 is 0 Å². The van der Waals surface area contributed by atoms with Crippen molar-refractivity contribution in [1.29, 1.82) is 0 Å². The molecule has 0 aliphatic heterocycles. The normalized spacial score (nSPS) is 10.5. The Balaban J connectivity index is 1.66. The molecule has 0 unspecified atom stereocenters. The fraction of sp³-hybridized carbons (Fsp3) is 0.0909. The number of amides is 1. The van der Waals surface area contributed by atoms with Crippen molar-refractivity contribution in [2.24, 2.45) is 5.10 Å². The Bertz CT molecular complexity index is 971. The van der Waals surface area contributed by atoms with E-state index in [0.717, 1.165) is 11.3 Å². The van der Waals surface area contributed by atoms with Crippen LogP contribution in [-0.4, -0.2) is 26.3 Å². The Morgan fingerprint density at radius 1 is 0.857 bits per heavy atom. The minimum Gasteiger partial charge on any atom is -0.497 e. The number of carbonyl (C=O) groups excluding carboxylic acids is 1. The maximum Gasteiger partial charge on any atom is 0.275 e. The first-order chi connectivity index (χ1) is 13.7. The number of nitrogens with zero attached hydrogens (tertiary/aromatic N) is 1. The Morgan fingerprint density at radius 3 is 2.39 bits per heavy atom. The number of nitrogens with one attached hydrogen (secondary N) is 1. The van der Waals surface area contributed by atoms with E-state index in [1.165, 1.54) is 7.11 Å². The highest BCUT2D eigenvalue weighted by Crippen LogP contribution is 2.24. The first-order valence-electron chi connectivity index (χ1n) is 8.58. The molecule has 0 aliphatic rings.